The van der Waals surface area contributed by atoms with E-state index >= 15 is 0 Å². The number of hydrogen-bond acceptors (Lipinski definition) is 2. The van der Waals surface area contributed by atoms with Crippen molar-refractivity contribution in [3.8, 4) is 5.75 Å². The standard InChI is InChI=1S/C7H4ClF3OS/c8-4-1-3(12)2-5(13)6(4)7(9,10)11/h1-2,12-13H. The van der Waals surface area contributed by atoms with Crippen molar-refractivity contribution in [2.45, 2.75) is 11.1 Å². The predicted octanol–water partition coefficient (Wildman–Crippen LogP) is 3.35. The van der Waals surface area contributed by atoms with Crippen LogP contribution in [0.15, 0.2) is 17.0 Å². The Morgan fingerprint density at radius 1 is 1.31 bits per heavy atom. The third kappa shape index (κ3) is 2.22. The van der Waals surface area contributed by atoms with E-state index in [9.17, 15) is 13.2 Å². The van der Waals surface area contributed by atoms with Crippen LogP contribution in [0.2, 0.25) is 5.02 Å². The molecule has 1 aromatic rings. The molecule has 0 aliphatic rings. The van der Waals surface area contributed by atoms with E-state index in [4.69, 9.17) is 16.7 Å². The Hall–Kier alpha value is -0.550. The lowest BCUT2D eigenvalue weighted by molar-refractivity contribution is -0.139. The summed E-state index contributed by atoms with van der Waals surface area (Å²) in [6.45, 7) is 0. The van der Waals surface area contributed by atoms with Crippen molar-refractivity contribution in [1.82, 2.24) is 0 Å². The second kappa shape index (κ2) is 3.31. The van der Waals surface area contributed by atoms with Gasteiger partial charge in [0.1, 0.15) is 5.75 Å². The summed E-state index contributed by atoms with van der Waals surface area (Å²) < 4.78 is 36.7. The number of alkyl halides is 3. The van der Waals surface area contributed by atoms with Crippen LogP contribution in [0.4, 0.5) is 13.2 Å². The average Bonchev–Trinajstić information content (AvgIpc) is 1.78. The molecule has 0 saturated carbocycles. The van der Waals surface area contributed by atoms with E-state index < -0.39 is 21.7 Å². The van der Waals surface area contributed by atoms with E-state index in [-0.39, 0.29) is 5.75 Å². The Labute approximate surface area is 82.5 Å². The Balaban J connectivity index is 3.38. The highest BCUT2D eigenvalue weighted by Gasteiger charge is 2.35. The van der Waals surface area contributed by atoms with Crippen LogP contribution in [-0.2, 0) is 6.18 Å². The van der Waals surface area contributed by atoms with Crippen LogP contribution in [0.25, 0.3) is 0 Å². The number of benzene rings is 1. The minimum Gasteiger partial charge on any atom is -0.508 e. The van der Waals surface area contributed by atoms with Gasteiger partial charge in [0, 0.05) is 4.90 Å². The average molecular weight is 229 g/mol. The molecule has 72 valence electrons. The van der Waals surface area contributed by atoms with E-state index in [1.54, 1.807) is 0 Å². The summed E-state index contributed by atoms with van der Waals surface area (Å²) in [6, 6.07) is 1.71. The molecule has 0 spiro atoms. The number of phenols is 1. The molecule has 1 N–H and O–H groups in total. The minimum atomic E-state index is -4.55. The molecule has 1 rings (SSSR count). The van der Waals surface area contributed by atoms with Gasteiger partial charge >= 0.3 is 6.18 Å². The molecule has 1 nitrogen and oxygen atoms in total. The van der Waals surface area contributed by atoms with Crippen molar-refractivity contribution in [3.05, 3.63) is 22.7 Å². The number of thiol groups is 1. The molecule has 0 aliphatic carbocycles. The lowest BCUT2D eigenvalue weighted by Gasteiger charge is -2.11. The first-order valence-corrected chi connectivity index (χ1v) is 3.93. The summed E-state index contributed by atoms with van der Waals surface area (Å²) in [5, 5.41) is 8.33. The fourth-order valence-electron chi connectivity index (χ4n) is 0.859. The molecule has 0 unspecified atom stereocenters. The fraction of sp³-hybridized carbons (Fsp3) is 0.143. The molecule has 0 saturated heterocycles. The van der Waals surface area contributed by atoms with Gasteiger partial charge in [0.05, 0.1) is 10.6 Å². The highest BCUT2D eigenvalue weighted by atomic mass is 35.5. The van der Waals surface area contributed by atoms with Gasteiger partial charge < -0.3 is 5.11 Å². The SMILES string of the molecule is Oc1cc(S)c(C(F)(F)F)c(Cl)c1. The van der Waals surface area contributed by atoms with Crippen molar-refractivity contribution in [2.75, 3.05) is 0 Å². The maximum absolute atomic E-state index is 12.2. The maximum atomic E-state index is 12.2. The van der Waals surface area contributed by atoms with Crippen LogP contribution in [0.1, 0.15) is 5.56 Å². The van der Waals surface area contributed by atoms with Crippen LogP contribution in [0, 0.1) is 0 Å². The van der Waals surface area contributed by atoms with Gasteiger partial charge in [-0.2, -0.15) is 13.2 Å². The molecule has 0 atom stereocenters. The van der Waals surface area contributed by atoms with Gasteiger partial charge in [0.25, 0.3) is 0 Å². The molecule has 0 aliphatic heterocycles. The first kappa shape index (κ1) is 10.5. The molecular weight excluding hydrogens is 225 g/mol. The van der Waals surface area contributed by atoms with Crippen LogP contribution < -0.4 is 0 Å². The quantitative estimate of drug-likeness (QED) is 0.653. The molecule has 0 fully saturated rings. The van der Waals surface area contributed by atoms with Crippen molar-refractivity contribution < 1.29 is 18.3 Å². The van der Waals surface area contributed by atoms with E-state index in [0.717, 1.165) is 12.1 Å². The van der Waals surface area contributed by atoms with Gasteiger partial charge in [0.2, 0.25) is 0 Å². The van der Waals surface area contributed by atoms with Gasteiger partial charge in [-0.1, -0.05) is 11.6 Å². The zero-order valence-corrected chi connectivity index (χ0v) is 7.71. The Morgan fingerprint density at radius 3 is 2.23 bits per heavy atom. The summed E-state index contributed by atoms with van der Waals surface area (Å²) in [4.78, 5) is -0.391. The maximum Gasteiger partial charge on any atom is 0.418 e. The highest BCUT2D eigenvalue weighted by molar-refractivity contribution is 7.80. The van der Waals surface area contributed by atoms with E-state index in [2.05, 4.69) is 12.6 Å². The second-order valence-corrected chi connectivity index (χ2v) is 3.21. The van der Waals surface area contributed by atoms with Crippen LogP contribution in [0.5, 0.6) is 5.75 Å². The van der Waals surface area contributed by atoms with Gasteiger partial charge in [-0.05, 0) is 12.1 Å². The highest BCUT2D eigenvalue weighted by Crippen LogP contribution is 2.40. The van der Waals surface area contributed by atoms with Crippen molar-refractivity contribution in [3.63, 3.8) is 0 Å². The Kier molecular flexibility index (Phi) is 2.68. The lowest BCUT2D eigenvalue weighted by Crippen LogP contribution is -2.06. The molecule has 0 bridgehead atoms. The van der Waals surface area contributed by atoms with Gasteiger partial charge in [-0.3, -0.25) is 0 Å². The molecule has 6 heteroatoms. The zero-order chi connectivity index (χ0) is 10.2. The Morgan fingerprint density at radius 2 is 1.85 bits per heavy atom. The monoisotopic (exact) mass is 228 g/mol. The molecule has 13 heavy (non-hydrogen) atoms. The van der Waals surface area contributed by atoms with Crippen LogP contribution >= 0.6 is 24.2 Å². The van der Waals surface area contributed by atoms with Crippen molar-refractivity contribution in [2.24, 2.45) is 0 Å². The number of aromatic hydroxyl groups is 1. The van der Waals surface area contributed by atoms with Crippen molar-refractivity contribution in [1.29, 1.82) is 0 Å². The minimum absolute atomic E-state index is 0.344. The molecule has 1 aromatic carbocycles. The molecular formula is C7H4ClF3OS. The second-order valence-electron chi connectivity index (χ2n) is 2.32. The van der Waals surface area contributed by atoms with Crippen LogP contribution in [-0.4, -0.2) is 5.11 Å². The Bertz CT molecular complexity index is 314. The van der Waals surface area contributed by atoms with Crippen LogP contribution in [0.3, 0.4) is 0 Å². The first-order valence-electron chi connectivity index (χ1n) is 3.11. The normalized spacial score (nSPS) is 11.8. The first-order chi connectivity index (χ1) is 5.82. The summed E-state index contributed by atoms with van der Waals surface area (Å²) in [5.41, 5.74) is -1.03. The van der Waals surface area contributed by atoms with Gasteiger partial charge in [0.15, 0.2) is 0 Å². The predicted molar refractivity (Wildman–Crippen MR) is 45.4 cm³/mol. The summed E-state index contributed by atoms with van der Waals surface area (Å²) in [6.07, 6.45) is -4.55. The van der Waals surface area contributed by atoms with E-state index in [0.29, 0.717) is 0 Å². The molecule has 0 amide bonds. The number of hydrogen-bond donors (Lipinski definition) is 2. The summed E-state index contributed by atoms with van der Waals surface area (Å²) in [5.74, 6) is -0.344. The third-order valence-corrected chi connectivity index (χ3v) is 1.99. The fourth-order valence-corrected chi connectivity index (χ4v) is 1.62. The summed E-state index contributed by atoms with van der Waals surface area (Å²) >= 11 is 8.86. The molecule has 0 aromatic heterocycles. The molecule has 0 radical (unpaired) electrons. The van der Waals surface area contributed by atoms with E-state index in [1.165, 1.54) is 0 Å². The van der Waals surface area contributed by atoms with Gasteiger partial charge in [-0.15, -0.1) is 12.6 Å². The summed E-state index contributed by atoms with van der Waals surface area (Å²) in [7, 11) is 0. The lowest BCUT2D eigenvalue weighted by atomic mass is 10.2. The number of halogens is 4. The number of rotatable bonds is 0. The third-order valence-electron chi connectivity index (χ3n) is 1.34. The largest absolute Gasteiger partial charge is 0.508 e. The zero-order valence-electron chi connectivity index (χ0n) is 6.06. The number of phenolic OH excluding ortho intramolecular Hbond substituents is 1. The smallest absolute Gasteiger partial charge is 0.418 e. The van der Waals surface area contributed by atoms with E-state index in [1.807, 2.05) is 0 Å². The molecule has 0 heterocycles. The topological polar surface area (TPSA) is 20.2 Å². The van der Waals surface area contributed by atoms with Crippen molar-refractivity contribution >= 4 is 24.2 Å². The van der Waals surface area contributed by atoms with Gasteiger partial charge in [-0.25, -0.2) is 0 Å².